The van der Waals surface area contributed by atoms with Gasteiger partial charge in [0.25, 0.3) is 0 Å². The normalized spacial score (nSPS) is 9.50. The smallest absolute Gasteiger partial charge is 1.00 e. The minimum Gasteiger partial charge on any atom is -1.00 e. The van der Waals surface area contributed by atoms with Crippen LogP contribution in [0.4, 0.5) is 0 Å². The molecule has 0 aliphatic heterocycles. The minimum atomic E-state index is 0. The number of aromatic nitrogens is 1. The van der Waals surface area contributed by atoms with Crippen LogP contribution in [-0.2, 0) is 26.2 Å². The molecule has 0 N–H and O–H groups in total. The van der Waals surface area contributed by atoms with Crippen LogP contribution in [-0.4, -0.2) is 4.98 Å². The monoisotopic (exact) mass is 428 g/mol. The van der Waals surface area contributed by atoms with Crippen molar-refractivity contribution >= 4 is 10.8 Å². The first kappa shape index (κ1) is 20.7. The summed E-state index contributed by atoms with van der Waals surface area (Å²) in [6.07, 6.45) is 1.84. The van der Waals surface area contributed by atoms with E-state index >= 15 is 0 Å². The van der Waals surface area contributed by atoms with E-state index in [2.05, 4.69) is 65.6 Å². The first-order valence-corrected chi connectivity index (χ1v) is 7.08. The summed E-state index contributed by atoms with van der Waals surface area (Å²) in [6.45, 7) is 0. The van der Waals surface area contributed by atoms with Crippen molar-refractivity contribution in [1.29, 1.82) is 0 Å². The van der Waals surface area contributed by atoms with Gasteiger partial charge in [-0.15, -0.1) is 34.5 Å². The quantitative estimate of drug-likeness (QED) is 0.383. The summed E-state index contributed by atoms with van der Waals surface area (Å²) < 4.78 is 0. The van der Waals surface area contributed by atoms with Gasteiger partial charge in [0.05, 0.1) is 5.69 Å². The third-order valence-electron chi connectivity index (χ3n) is 3.80. The van der Waals surface area contributed by atoms with E-state index in [0.717, 1.165) is 5.69 Å². The SMILES string of the molecule is [Cl-].[Cl-].[Zr+3].c1ccc(-c2cc3c(-c4ccccn4)cccc3[cH-]2)cc1. The molecule has 0 saturated carbocycles. The number of hydrogen-bond donors (Lipinski definition) is 0. The van der Waals surface area contributed by atoms with Crippen LogP contribution in [0.15, 0.2) is 85.1 Å². The van der Waals surface area contributed by atoms with Crippen LogP contribution in [0.25, 0.3) is 33.2 Å². The summed E-state index contributed by atoms with van der Waals surface area (Å²) in [4.78, 5) is 4.48. The van der Waals surface area contributed by atoms with Crippen LogP contribution in [0, 0.1) is 0 Å². The maximum atomic E-state index is 4.48. The molecule has 4 aromatic rings. The fourth-order valence-electron chi connectivity index (χ4n) is 2.78. The largest absolute Gasteiger partial charge is 3.00 e. The van der Waals surface area contributed by atoms with Gasteiger partial charge in [0, 0.05) is 6.20 Å². The van der Waals surface area contributed by atoms with Gasteiger partial charge in [0.1, 0.15) is 0 Å². The second-order valence-corrected chi connectivity index (χ2v) is 5.13. The molecule has 0 atom stereocenters. The molecular weight excluding hydrogens is 416 g/mol. The second-order valence-electron chi connectivity index (χ2n) is 5.13. The summed E-state index contributed by atoms with van der Waals surface area (Å²) in [7, 11) is 0. The van der Waals surface area contributed by atoms with E-state index in [1.165, 1.54) is 27.5 Å². The van der Waals surface area contributed by atoms with Gasteiger partial charge in [-0.2, -0.15) is 0 Å². The van der Waals surface area contributed by atoms with Gasteiger partial charge in [-0.25, -0.2) is 0 Å². The predicted molar refractivity (Wildman–Crippen MR) is 88.2 cm³/mol. The van der Waals surface area contributed by atoms with Crippen molar-refractivity contribution in [1.82, 2.24) is 4.98 Å². The van der Waals surface area contributed by atoms with Crippen molar-refractivity contribution < 1.29 is 51.0 Å². The number of benzene rings is 2. The van der Waals surface area contributed by atoms with E-state index in [0.29, 0.717) is 0 Å². The Labute approximate surface area is 173 Å². The Balaban J connectivity index is 0.000000960. The molecule has 24 heavy (non-hydrogen) atoms. The maximum absolute atomic E-state index is 4.48. The number of rotatable bonds is 2. The first-order valence-electron chi connectivity index (χ1n) is 7.08. The van der Waals surface area contributed by atoms with Gasteiger partial charge in [-0.1, -0.05) is 54.1 Å². The summed E-state index contributed by atoms with van der Waals surface area (Å²) in [5.41, 5.74) is 4.72. The van der Waals surface area contributed by atoms with Crippen LogP contribution >= 0.6 is 0 Å². The van der Waals surface area contributed by atoms with Crippen molar-refractivity contribution in [3.05, 3.63) is 85.1 Å². The molecular formula is C20H14Cl2NZr. The van der Waals surface area contributed by atoms with Gasteiger partial charge in [0.2, 0.25) is 0 Å². The number of pyridine rings is 1. The van der Waals surface area contributed by atoms with Gasteiger partial charge >= 0.3 is 26.2 Å². The molecule has 4 rings (SSSR count). The Morgan fingerprint density at radius 1 is 0.750 bits per heavy atom. The Kier molecular flexibility index (Phi) is 7.96. The van der Waals surface area contributed by atoms with Gasteiger partial charge in [0.15, 0.2) is 0 Å². The second kappa shape index (κ2) is 9.23. The third kappa shape index (κ3) is 4.00. The number of halogens is 2. The molecule has 0 unspecified atom stereocenters. The zero-order valence-electron chi connectivity index (χ0n) is 12.8. The Hall–Kier alpha value is -1.34. The maximum Gasteiger partial charge on any atom is 3.00 e. The van der Waals surface area contributed by atoms with Crippen LogP contribution in [0.2, 0.25) is 0 Å². The number of fused-ring (bicyclic) bond motifs is 1. The number of nitrogens with zero attached hydrogens (tertiary/aromatic N) is 1. The molecule has 0 aliphatic rings. The van der Waals surface area contributed by atoms with Crippen LogP contribution < -0.4 is 24.8 Å². The van der Waals surface area contributed by atoms with Crippen LogP contribution in [0.3, 0.4) is 0 Å². The Morgan fingerprint density at radius 3 is 2.21 bits per heavy atom. The Morgan fingerprint density at radius 2 is 1.50 bits per heavy atom. The number of hydrogen-bond acceptors (Lipinski definition) is 1. The third-order valence-corrected chi connectivity index (χ3v) is 3.80. The molecule has 1 aromatic heterocycles. The van der Waals surface area contributed by atoms with Crippen molar-refractivity contribution in [3.63, 3.8) is 0 Å². The van der Waals surface area contributed by atoms with E-state index in [1.54, 1.807) is 0 Å². The average molecular weight is 430 g/mol. The fraction of sp³-hybridized carbons (Fsp3) is 0. The Bertz CT molecular complexity index is 889. The summed E-state index contributed by atoms with van der Waals surface area (Å²) in [6, 6.07) is 27.4. The molecule has 4 heteroatoms. The zero-order valence-corrected chi connectivity index (χ0v) is 16.8. The average Bonchev–Trinajstić information content (AvgIpc) is 3.00. The van der Waals surface area contributed by atoms with E-state index in [9.17, 15) is 0 Å². The molecule has 3 aromatic carbocycles. The molecule has 117 valence electrons. The van der Waals surface area contributed by atoms with Gasteiger partial charge < -0.3 is 24.8 Å². The summed E-state index contributed by atoms with van der Waals surface area (Å²) >= 11 is 0. The molecule has 1 nitrogen and oxygen atoms in total. The standard InChI is InChI=1S/C20H14N.2ClH.Zr/c1-2-7-15(8-3-1)17-13-16-9-6-10-18(19(16)14-17)20-11-4-5-12-21-20;;;/h1-14H;2*1H;/q-1;;;+3/p-2. The molecule has 0 amide bonds. The van der Waals surface area contributed by atoms with Crippen LogP contribution in [0.1, 0.15) is 0 Å². The summed E-state index contributed by atoms with van der Waals surface area (Å²) in [5, 5.41) is 2.52. The fourth-order valence-corrected chi connectivity index (χ4v) is 2.78. The van der Waals surface area contributed by atoms with E-state index in [-0.39, 0.29) is 51.0 Å². The molecule has 0 bridgehead atoms. The van der Waals surface area contributed by atoms with E-state index < -0.39 is 0 Å². The molecule has 0 fully saturated rings. The van der Waals surface area contributed by atoms with Crippen molar-refractivity contribution in [3.8, 4) is 22.4 Å². The minimum absolute atomic E-state index is 0. The summed E-state index contributed by atoms with van der Waals surface area (Å²) in [5.74, 6) is 0. The van der Waals surface area contributed by atoms with Crippen molar-refractivity contribution in [2.24, 2.45) is 0 Å². The molecule has 1 radical (unpaired) electrons. The first-order chi connectivity index (χ1) is 10.4. The van der Waals surface area contributed by atoms with Crippen LogP contribution in [0.5, 0.6) is 0 Å². The van der Waals surface area contributed by atoms with Gasteiger partial charge in [-0.3, -0.25) is 4.98 Å². The molecule has 0 saturated heterocycles. The predicted octanol–water partition coefficient (Wildman–Crippen LogP) is -0.707. The van der Waals surface area contributed by atoms with Crippen molar-refractivity contribution in [2.75, 3.05) is 0 Å². The topological polar surface area (TPSA) is 12.9 Å². The molecule has 1 heterocycles. The van der Waals surface area contributed by atoms with E-state index in [1.807, 2.05) is 24.4 Å². The molecule has 0 spiro atoms. The van der Waals surface area contributed by atoms with Crippen molar-refractivity contribution in [2.45, 2.75) is 0 Å². The molecule has 0 aliphatic carbocycles. The van der Waals surface area contributed by atoms with Gasteiger partial charge in [-0.05, 0) is 17.7 Å². The zero-order chi connectivity index (χ0) is 14.1. The van der Waals surface area contributed by atoms with E-state index in [4.69, 9.17) is 0 Å².